The average Bonchev–Trinajstić information content (AvgIpc) is 2.52. The maximum Gasteiger partial charge on any atom is 0.413 e. The zero-order chi connectivity index (χ0) is 17.2. The molecule has 0 unspecified atom stereocenters. The van der Waals surface area contributed by atoms with Gasteiger partial charge in [-0.3, -0.25) is 9.59 Å². The zero-order valence-corrected chi connectivity index (χ0v) is 13.6. The molecule has 0 saturated heterocycles. The molecule has 23 heavy (non-hydrogen) atoms. The van der Waals surface area contributed by atoms with Crippen LogP contribution in [0.2, 0.25) is 0 Å². The van der Waals surface area contributed by atoms with Gasteiger partial charge in [-0.2, -0.15) is 0 Å². The van der Waals surface area contributed by atoms with E-state index in [-0.39, 0.29) is 18.9 Å². The molecule has 1 amide bonds. The van der Waals surface area contributed by atoms with Gasteiger partial charge in [0.2, 0.25) is 5.43 Å². The monoisotopic (exact) mass is 326 g/mol. The van der Waals surface area contributed by atoms with Crippen molar-refractivity contribution in [2.24, 2.45) is 0 Å². The lowest BCUT2D eigenvalue weighted by molar-refractivity contribution is -0.141. The average molecular weight is 326 g/mol. The van der Waals surface area contributed by atoms with E-state index in [9.17, 15) is 14.4 Å². The van der Waals surface area contributed by atoms with Crippen LogP contribution >= 0.6 is 0 Å². The highest BCUT2D eigenvalue weighted by atomic mass is 16.6. The van der Waals surface area contributed by atoms with Crippen LogP contribution in [0.3, 0.4) is 0 Å². The minimum absolute atomic E-state index is 0.0784. The Hall–Kier alpha value is -2.35. The van der Waals surface area contributed by atoms with Crippen LogP contribution in [0, 0.1) is 6.92 Å². The van der Waals surface area contributed by atoms with Crippen molar-refractivity contribution in [1.29, 1.82) is 0 Å². The first-order chi connectivity index (χ1) is 11.0. The lowest BCUT2D eigenvalue weighted by Crippen LogP contribution is -2.34. The molecule has 0 aliphatic carbocycles. The zero-order valence-electron chi connectivity index (χ0n) is 13.6. The summed E-state index contributed by atoms with van der Waals surface area (Å²) in [6, 6.07) is 1.31. The quantitative estimate of drug-likeness (QED) is 0.562. The number of ether oxygens (including phenoxy) is 3. The summed E-state index contributed by atoms with van der Waals surface area (Å²) >= 11 is 0. The Balaban J connectivity index is 2.71. The smallest absolute Gasteiger partial charge is 0.413 e. The minimum Gasteiger partial charge on any atom is -0.465 e. The molecule has 128 valence electrons. The number of amides is 1. The first kappa shape index (κ1) is 18.7. The van der Waals surface area contributed by atoms with Crippen LogP contribution in [0.1, 0.15) is 19.5 Å². The summed E-state index contributed by atoms with van der Waals surface area (Å²) in [7, 11) is 0. The Kier molecular flexibility index (Phi) is 7.82. The van der Waals surface area contributed by atoms with Gasteiger partial charge in [-0.25, -0.2) is 4.79 Å². The predicted molar refractivity (Wildman–Crippen MR) is 82.6 cm³/mol. The van der Waals surface area contributed by atoms with Gasteiger partial charge in [0.15, 0.2) is 5.75 Å². The molecule has 8 nitrogen and oxygen atoms in total. The van der Waals surface area contributed by atoms with Crippen molar-refractivity contribution in [3.63, 3.8) is 0 Å². The van der Waals surface area contributed by atoms with Gasteiger partial charge in [0.1, 0.15) is 6.54 Å². The highest BCUT2D eigenvalue weighted by Gasteiger charge is 2.14. The fourth-order valence-corrected chi connectivity index (χ4v) is 1.81. The van der Waals surface area contributed by atoms with Crippen LogP contribution in [0.25, 0.3) is 0 Å². The molecule has 0 aliphatic rings. The molecular weight excluding hydrogens is 304 g/mol. The summed E-state index contributed by atoms with van der Waals surface area (Å²) in [6.07, 6.45) is 0.723. The third-order valence-electron chi connectivity index (χ3n) is 2.95. The molecule has 1 aromatic heterocycles. The van der Waals surface area contributed by atoms with E-state index in [2.05, 4.69) is 10.1 Å². The number of esters is 1. The maximum atomic E-state index is 11.9. The lowest BCUT2D eigenvalue weighted by atomic mass is 10.3. The predicted octanol–water partition coefficient (Wildman–Crippen LogP) is 0.845. The van der Waals surface area contributed by atoms with Crippen LogP contribution in [0.4, 0.5) is 4.79 Å². The highest BCUT2D eigenvalue weighted by molar-refractivity contribution is 5.78. The SMILES string of the molecule is CCOCCn1ccc(=O)c(OC(=O)NCC(=O)OCC)c1C. The van der Waals surface area contributed by atoms with Crippen molar-refractivity contribution in [2.75, 3.05) is 26.4 Å². The summed E-state index contributed by atoms with van der Waals surface area (Å²) < 4.78 is 16.7. The fourth-order valence-electron chi connectivity index (χ4n) is 1.81. The highest BCUT2D eigenvalue weighted by Crippen LogP contribution is 2.12. The van der Waals surface area contributed by atoms with Crippen LogP contribution < -0.4 is 15.5 Å². The van der Waals surface area contributed by atoms with E-state index in [4.69, 9.17) is 9.47 Å². The lowest BCUT2D eigenvalue weighted by Gasteiger charge is -2.14. The Morgan fingerprint density at radius 3 is 2.65 bits per heavy atom. The molecule has 0 fully saturated rings. The van der Waals surface area contributed by atoms with Crippen LogP contribution in [-0.2, 0) is 20.8 Å². The summed E-state index contributed by atoms with van der Waals surface area (Å²) in [5, 5.41) is 2.23. The number of aromatic nitrogens is 1. The van der Waals surface area contributed by atoms with Gasteiger partial charge in [-0.1, -0.05) is 0 Å². The number of hydrogen-bond donors (Lipinski definition) is 1. The second-order valence-electron chi connectivity index (χ2n) is 4.53. The van der Waals surface area contributed by atoms with Gasteiger partial charge in [0.25, 0.3) is 0 Å². The van der Waals surface area contributed by atoms with E-state index in [1.807, 2.05) is 6.92 Å². The number of carbonyl (C=O) groups excluding carboxylic acids is 2. The van der Waals surface area contributed by atoms with E-state index in [1.165, 1.54) is 6.07 Å². The number of carbonyl (C=O) groups is 2. The van der Waals surface area contributed by atoms with E-state index < -0.39 is 17.5 Å². The van der Waals surface area contributed by atoms with Crippen LogP contribution in [0.5, 0.6) is 5.75 Å². The molecule has 1 heterocycles. The molecule has 0 aromatic carbocycles. The number of rotatable bonds is 8. The Bertz CT molecular complexity index is 596. The third-order valence-corrected chi connectivity index (χ3v) is 2.95. The first-order valence-electron chi connectivity index (χ1n) is 7.38. The van der Waals surface area contributed by atoms with Crippen LogP contribution in [-0.4, -0.2) is 43.0 Å². The van der Waals surface area contributed by atoms with Gasteiger partial charge >= 0.3 is 12.1 Å². The fraction of sp³-hybridized carbons (Fsp3) is 0.533. The molecule has 1 aromatic rings. The van der Waals surface area contributed by atoms with E-state index >= 15 is 0 Å². The van der Waals surface area contributed by atoms with Gasteiger partial charge in [0.05, 0.1) is 18.9 Å². The van der Waals surface area contributed by atoms with Gasteiger partial charge in [0, 0.05) is 25.4 Å². The molecule has 0 aliphatic heterocycles. The Morgan fingerprint density at radius 2 is 2.00 bits per heavy atom. The Morgan fingerprint density at radius 1 is 1.26 bits per heavy atom. The van der Waals surface area contributed by atoms with Crippen LogP contribution in [0.15, 0.2) is 17.1 Å². The molecule has 0 bridgehead atoms. The first-order valence-corrected chi connectivity index (χ1v) is 7.38. The van der Waals surface area contributed by atoms with Crippen molar-refractivity contribution in [2.45, 2.75) is 27.3 Å². The second kappa shape index (κ2) is 9.62. The van der Waals surface area contributed by atoms with Crippen molar-refractivity contribution in [3.8, 4) is 5.75 Å². The molecule has 0 saturated carbocycles. The normalized spacial score (nSPS) is 10.2. The summed E-state index contributed by atoms with van der Waals surface area (Å²) in [6.45, 7) is 6.72. The van der Waals surface area contributed by atoms with Gasteiger partial charge < -0.3 is 24.1 Å². The number of nitrogens with zero attached hydrogens (tertiary/aromatic N) is 1. The molecule has 0 atom stereocenters. The number of pyridine rings is 1. The van der Waals surface area contributed by atoms with Crippen molar-refractivity contribution < 1.29 is 23.8 Å². The van der Waals surface area contributed by atoms with E-state index in [0.29, 0.717) is 25.5 Å². The minimum atomic E-state index is -0.888. The number of hydrogen-bond acceptors (Lipinski definition) is 6. The van der Waals surface area contributed by atoms with Crippen molar-refractivity contribution in [1.82, 2.24) is 9.88 Å². The Labute approximate surface area is 134 Å². The summed E-state index contributed by atoms with van der Waals surface area (Å²) in [4.78, 5) is 34.7. The molecule has 8 heteroatoms. The topological polar surface area (TPSA) is 95.9 Å². The molecule has 0 radical (unpaired) electrons. The molecular formula is C15H22N2O6. The molecule has 1 N–H and O–H groups in total. The summed E-state index contributed by atoms with van der Waals surface area (Å²) in [5.41, 5.74) is 0.0879. The molecule has 0 spiro atoms. The maximum absolute atomic E-state index is 11.9. The molecule has 1 rings (SSSR count). The van der Waals surface area contributed by atoms with E-state index in [0.717, 1.165) is 0 Å². The third kappa shape index (κ3) is 6.11. The summed E-state index contributed by atoms with van der Waals surface area (Å²) in [5.74, 6) is -0.659. The second-order valence-corrected chi connectivity index (χ2v) is 4.53. The largest absolute Gasteiger partial charge is 0.465 e. The van der Waals surface area contributed by atoms with Crippen molar-refractivity contribution in [3.05, 3.63) is 28.2 Å². The van der Waals surface area contributed by atoms with Gasteiger partial charge in [-0.15, -0.1) is 0 Å². The van der Waals surface area contributed by atoms with E-state index in [1.54, 1.807) is 24.6 Å². The number of nitrogens with one attached hydrogen (secondary N) is 1. The van der Waals surface area contributed by atoms with Gasteiger partial charge in [-0.05, 0) is 20.8 Å². The van der Waals surface area contributed by atoms with Crippen molar-refractivity contribution >= 4 is 12.1 Å². The standard InChI is InChI=1S/C15H22N2O6/c1-4-21-9-8-17-7-6-12(18)14(11(17)3)23-15(20)16-10-13(19)22-5-2/h6-7H,4-5,8-10H2,1-3H3,(H,16,20).